The highest BCUT2D eigenvalue weighted by Gasteiger charge is 2.02. The van der Waals surface area contributed by atoms with Crippen molar-refractivity contribution < 1.29 is 4.74 Å². The van der Waals surface area contributed by atoms with Crippen LogP contribution >= 0.6 is 23.2 Å². The van der Waals surface area contributed by atoms with Crippen LogP contribution in [0, 0.1) is 0 Å². The van der Waals surface area contributed by atoms with Crippen molar-refractivity contribution in [1.82, 2.24) is 0 Å². The summed E-state index contributed by atoms with van der Waals surface area (Å²) >= 11 is 12.1. The van der Waals surface area contributed by atoms with Crippen molar-refractivity contribution in [3.8, 4) is 5.75 Å². The first kappa shape index (κ1) is 14.8. The van der Waals surface area contributed by atoms with Crippen molar-refractivity contribution in [3.63, 3.8) is 0 Å². The first-order valence-corrected chi connectivity index (χ1v) is 7.02. The predicted octanol–water partition coefficient (Wildman–Crippen LogP) is 4.53. The molecule has 20 heavy (non-hydrogen) atoms. The molecule has 2 aromatic carbocycles. The molecule has 0 heterocycles. The summed E-state index contributed by atoms with van der Waals surface area (Å²) in [5.41, 5.74) is 1.86. The van der Waals surface area contributed by atoms with Crippen LogP contribution in [0.2, 0.25) is 10.0 Å². The summed E-state index contributed by atoms with van der Waals surface area (Å²) in [5.74, 6) is 0.834. The normalized spacial score (nSPS) is 10.2. The highest BCUT2D eigenvalue weighted by atomic mass is 35.5. The molecule has 0 aliphatic rings. The van der Waals surface area contributed by atoms with Crippen molar-refractivity contribution >= 4 is 34.6 Å². The molecule has 2 N–H and O–H groups in total. The Kier molecular flexibility index (Phi) is 5.39. The molecule has 106 valence electrons. The lowest BCUT2D eigenvalue weighted by Crippen LogP contribution is -2.13. The van der Waals surface area contributed by atoms with E-state index in [1.165, 1.54) is 0 Å². The summed E-state index contributed by atoms with van der Waals surface area (Å²) in [6, 6.07) is 13.3. The molecular formula is C15H16Cl2N2O. The Morgan fingerprint density at radius 3 is 2.55 bits per heavy atom. The number of hydrogen-bond donors (Lipinski definition) is 2. The predicted molar refractivity (Wildman–Crippen MR) is 86.4 cm³/mol. The van der Waals surface area contributed by atoms with E-state index >= 15 is 0 Å². The second-order valence-electron chi connectivity index (χ2n) is 4.19. The van der Waals surface area contributed by atoms with E-state index in [1.54, 1.807) is 13.2 Å². The molecule has 5 heteroatoms. The first-order valence-electron chi connectivity index (χ1n) is 6.26. The molecule has 0 atom stereocenters. The van der Waals surface area contributed by atoms with Gasteiger partial charge >= 0.3 is 0 Å². The van der Waals surface area contributed by atoms with Crippen LogP contribution in [-0.4, -0.2) is 20.2 Å². The molecule has 0 saturated heterocycles. The summed E-state index contributed by atoms with van der Waals surface area (Å²) in [6.45, 7) is 1.49. The third kappa shape index (κ3) is 3.95. The maximum atomic E-state index is 6.10. The van der Waals surface area contributed by atoms with Crippen LogP contribution in [0.15, 0.2) is 42.5 Å². The SMILES string of the molecule is COc1cccc(NCCNc2cccc(Cl)c2Cl)c1. The number of anilines is 2. The Hall–Kier alpha value is -1.58. The van der Waals surface area contributed by atoms with E-state index in [1.807, 2.05) is 36.4 Å². The zero-order valence-electron chi connectivity index (χ0n) is 11.1. The fraction of sp³-hybridized carbons (Fsp3) is 0.200. The lowest BCUT2D eigenvalue weighted by molar-refractivity contribution is 0.415. The second kappa shape index (κ2) is 7.27. The van der Waals surface area contributed by atoms with Crippen LogP contribution in [0.25, 0.3) is 0 Å². The average molecular weight is 311 g/mol. The van der Waals surface area contributed by atoms with Crippen LogP contribution in [0.5, 0.6) is 5.75 Å². The Labute approximate surface area is 128 Å². The van der Waals surface area contributed by atoms with E-state index in [2.05, 4.69) is 10.6 Å². The first-order chi connectivity index (χ1) is 9.70. The average Bonchev–Trinajstić information content (AvgIpc) is 2.48. The van der Waals surface area contributed by atoms with E-state index in [0.29, 0.717) is 10.0 Å². The topological polar surface area (TPSA) is 33.3 Å². The molecule has 0 saturated carbocycles. The Morgan fingerprint density at radius 2 is 1.75 bits per heavy atom. The van der Waals surface area contributed by atoms with Gasteiger partial charge in [-0.2, -0.15) is 0 Å². The third-order valence-electron chi connectivity index (χ3n) is 2.79. The van der Waals surface area contributed by atoms with Crippen molar-refractivity contribution in [1.29, 1.82) is 0 Å². The van der Waals surface area contributed by atoms with Gasteiger partial charge in [-0.3, -0.25) is 0 Å². The highest BCUT2D eigenvalue weighted by Crippen LogP contribution is 2.29. The van der Waals surface area contributed by atoms with Crippen molar-refractivity contribution in [2.45, 2.75) is 0 Å². The molecule has 0 unspecified atom stereocenters. The molecule has 0 spiro atoms. The van der Waals surface area contributed by atoms with E-state index in [9.17, 15) is 0 Å². The number of nitrogens with one attached hydrogen (secondary N) is 2. The monoisotopic (exact) mass is 310 g/mol. The molecule has 0 aromatic heterocycles. The molecule has 2 aromatic rings. The maximum absolute atomic E-state index is 6.10. The van der Waals surface area contributed by atoms with Crippen molar-refractivity contribution in [2.75, 3.05) is 30.8 Å². The lowest BCUT2D eigenvalue weighted by Gasteiger charge is -2.11. The van der Waals surface area contributed by atoms with Gasteiger partial charge in [0.15, 0.2) is 0 Å². The number of hydrogen-bond acceptors (Lipinski definition) is 3. The van der Waals surface area contributed by atoms with Gasteiger partial charge in [-0.25, -0.2) is 0 Å². The lowest BCUT2D eigenvalue weighted by atomic mass is 10.3. The second-order valence-corrected chi connectivity index (χ2v) is 4.97. The van der Waals surface area contributed by atoms with Crippen LogP contribution in [0.4, 0.5) is 11.4 Å². The van der Waals surface area contributed by atoms with Gasteiger partial charge in [-0.05, 0) is 24.3 Å². The minimum Gasteiger partial charge on any atom is -0.497 e. The van der Waals surface area contributed by atoms with Crippen molar-refractivity contribution in [3.05, 3.63) is 52.5 Å². The minimum atomic E-state index is 0.551. The molecule has 0 radical (unpaired) electrons. The Morgan fingerprint density at radius 1 is 1.00 bits per heavy atom. The van der Waals surface area contributed by atoms with Gasteiger partial charge in [-0.15, -0.1) is 0 Å². The van der Waals surface area contributed by atoms with E-state index in [0.717, 1.165) is 30.2 Å². The van der Waals surface area contributed by atoms with E-state index in [-0.39, 0.29) is 0 Å². The number of benzene rings is 2. The van der Waals surface area contributed by atoms with Crippen LogP contribution in [-0.2, 0) is 0 Å². The number of methoxy groups -OCH3 is 1. The molecule has 2 rings (SSSR count). The summed E-state index contributed by atoms with van der Waals surface area (Å²) in [4.78, 5) is 0. The van der Waals surface area contributed by atoms with Crippen LogP contribution < -0.4 is 15.4 Å². The molecule has 0 aliphatic heterocycles. The standard InChI is InChI=1S/C15H16Cl2N2O/c1-20-12-5-2-4-11(10-12)18-8-9-19-14-7-3-6-13(16)15(14)17/h2-7,10,18-19H,8-9H2,1H3. The Balaban J connectivity index is 1.83. The number of halogens is 2. The molecular weight excluding hydrogens is 295 g/mol. The van der Waals surface area contributed by atoms with Gasteiger partial charge in [0.2, 0.25) is 0 Å². The molecule has 0 aliphatic carbocycles. The third-order valence-corrected chi connectivity index (χ3v) is 3.61. The highest BCUT2D eigenvalue weighted by molar-refractivity contribution is 6.43. The summed E-state index contributed by atoms with van der Waals surface area (Å²) in [7, 11) is 1.65. The molecule has 0 fully saturated rings. The van der Waals surface area contributed by atoms with Gasteiger partial charge in [0.05, 0.1) is 22.8 Å². The van der Waals surface area contributed by atoms with E-state index < -0.39 is 0 Å². The van der Waals surface area contributed by atoms with Crippen LogP contribution in [0.1, 0.15) is 0 Å². The van der Waals surface area contributed by atoms with Gasteiger partial charge in [0.1, 0.15) is 5.75 Å². The van der Waals surface area contributed by atoms with Gasteiger partial charge in [0, 0.05) is 24.8 Å². The van der Waals surface area contributed by atoms with Gasteiger partial charge < -0.3 is 15.4 Å². The summed E-state index contributed by atoms with van der Waals surface area (Å²) in [5, 5.41) is 7.65. The number of ether oxygens (including phenoxy) is 1. The van der Waals surface area contributed by atoms with Crippen LogP contribution in [0.3, 0.4) is 0 Å². The smallest absolute Gasteiger partial charge is 0.120 e. The van der Waals surface area contributed by atoms with Gasteiger partial charge in [0.25, 0.3) is 0 Å². The van der Waals surface area contributed by atoms with Crippen molar-refractivity contribution in [2.24, 2.45) is 0 Å². The summed E-state index contributed by atoms with van der Waals surface area (Å²) in [6.07, 6.45) is 0. The Bertz CT molecular complexity index is 576. The largest absolute Gasteiger partial charge is 0.497 e. The fourth-order valence-corrected chi connectivity index (χ4v) is 2.14. The molecule has 3 nitrogen and oxygen atoms in total. The van der Waals surface area contributed by atoms with E-state index in [4.69, 9.17) is 27.9 Å². The molecule has 0 amide bonds. The number of rotatable bonds is 6. The maximum Gasteiger partial charge on any atom is 0.120 e. The molecule has 0 bridgehead atoms. The fourth-order valence-electron chi connectivity index (χ4n) is 1.78. The quantitative estimate of drug-likeness (QED) is 0.769. The summed E-state index contributed by atoms with van der Waals surface area (Å²) < 4.78 is 5.17. The van der Waals surface area contributed by atoms with Gasteiger partial charge in [-0.1, -0.05) is 35.3 Å². The zero-order valence-corrected chi connectivity index (χ0v) is 12.6. The minimum absolute atomic E-state index is 0.551. The zero-order chi connectivity index (χ0) is 14.4.